The molecule has 0 atom stereocenters. The number of nitrogens with zero attached hydrogens (tertiary/aromatic N) is 6. The maximum Gasteiger partial charge on any atom is 0.410 e. The van der Waals surface area contributed by atoms with E-state index in [1.54, 1.807) is 12.0 Å². The number of nitrogens with one attached hydrogen (secondary N) is 2. The maximum atomic E-state index is 12.6. The van der Waals surface area contributed by atoms with Gasteiger partial charge < -0.3 is 29.5 Å². The van der Waals surface area contributed by atoms with Crippen molar-refractivity contribution in [2.75, 3.05) is 55.0 Å². The Morgan fingerprint density at radius 3 is 2.41 bits per heavy atom. The average molecular weight is 591 g/mol. The number of amides is 1. The Hall–Kier alpha value is -5.32. The fraction of sp³-hybridized carbons (Fsp3) is 0.273. The van der Waals surface area contributed by atoms with Gasteiger partial charge in [-0.1, -0.05) is 42.5 Å². The predicted molar refractivity (Wildman–Crippen MR) is 170 cm³/mol. The van der Waals surface area contributed by atoms with E-state index < -0.39 is 0 Å². The lowest BCUT2D eigenvalue weighted by molar-refractivity contribution is 0.0942. The number of hydrogen-bond donors (Lipinski definition) is 2. The number of aromatic amines is 1. The largest absolute Gasteiger partial charge is 0.497 e. The minimum atomic E-state index is -0.268. The van der Waals surface area contributed by atoms with Gasteiger partial charge in [-0.25, -0.2) is 4.79 Å². The van der Waals surface area contributed by atoms with Gasteiger partial charge >= 0.3 is 6.09 Å². The highest BCUT2D eigenvalue weighted by molar-refractivity contribution is 5.92. The number of aromatic nitrogens is 4. The lowest BCUT2D eigenvalue weighted by Crippen LogP contribution is -2.48. The molecule has 1 saturated heterocycles. The summed E-state index contributed by atoms with van der Waals surface area (Å²) in [5, 5.41) is 12.0. The second-order valence-electron chi connectivity index (χ2n) is 11.0. The van der Waals surface area contributed by atoms with Gasteiger partial charge in [-0.05, 0) is 47.5 Å². The second kappa shape index (κ2) is 12.1. The molecule has 2 N–H and O–H groups in total. The molecule has 7 rings (SSSR count). The fourth-order valence-electron chi connectivity index (χ4n) is 5.73. The lowest BCUT2D eigenvalue weighted by atomic mass is 10.1. The maximum absolute atomic E-state index is 12.6. The highest BCUT2D eigenvalue weighted by Crippen LogP contribution is 2.33. The van der Waals surface area contributed by atoms with Crippen LogP contribution in [0.2, 0.25) is 0 Å². The number of benzene rings is 3. The molecule has 0 unspecified atom stereocenters. The van der Waals surface area contributed by atoms with E-state index in [9.17, 15) is 4.79 Å². The molecule has 2 aromatic heterocycles. The minimum Gasteiger partial charge on any atom is -0.497 e. The first-order valence-corrected chi connectivity index (χ1v) is 14.8. The minimum absolute atomic E-state index is 0.268. The van der Waals surface area contributed by atoms with E-state index in [0.717, 1.165) is 72.2 Å². The zero-order chi connectivity index (χ0) is 29.9. The summed E-state index contributed by atoms with van der Waals surface area (Å²) in [6.45, 7) is 4.55. The van der Waals surface area contributed by atoms with Crippen molar-refractivity contribution in [3.8, 4) is 5.75 Å². The highest BCUT2D eigenvalue weighted by Gasteiger charge is 2.25. The molecule has 1 fully saturated rings. The van der Waals surface area contributed by atoms with Crippen molar-refractivity contribution in [3.05, 3.63) is 95.7 Å². The highest BCUT2D eigenvalue weighted by atomic mass is 16.6. The molecule has 4 heterocycles. The van der Waals surface area contributed by atoms with Crippen LogP contribution in [-0.4, -0.2) is 71.0 Å². The van der Waals surface area contributed by atoms with Crippen LogP contribution >= 0.6 is 0 Å². The summed E-state index contributed by atoms with van der Waals surface area (Å²) in [5.41, 5.74) is 5.88. The van der Waals surface area contributed by atoms with Gasteiger partial charge in [0.25, 0.3) is 0 Å². The van der Waals surface area contributed by atoms with Crippen LogP contribution in [-0.2, 0) is 24.3 Å². The molecule has 11 nitrogen and oxygen atoms in total. The molecule has 0 radical (unpaired) electrons. The van der Waals surface area contributed by atoms with Crippen LogP contribution in [0.5, 0.6) is 5.75 Å². The fourth-order valence-corrected chi connectivity index (χ4v) is 5.73. The molecule has 0 spiro atoms. The Morgan fingerprint density at radius 2 is 1.66 bits per heavy atom. The Bertz CT molecular complexity index is 1730. The summed E-state index contributed by atoms with van der Waals surface area (Å²) in [4.78, 5) is 28.5. The van der Waals surface area contributed by atoms with E-state index in [1.165, 1.54) is 5.56 Å². The Labute approximate surface area is 255 Å². The number of ether oxygens (including phenoxy) is 2. The Morgan fingerprint density at radius 1 is 0.886 bits per heavy atom. The first kappa shape index (κ1) is 27.5. The summed E-state index contributed by atoms with van der Waals surface area (Å²) in [6.07, 6.45) is 0.594. The lowest BCUT2D eigenvalue weighted by Gasteiger charge is -2.35. The zero-order valence-corrected chi connectivity index (χ0v) is 24.6. The van der Waals surface area contributed by atoms with Crippen LogP contribution in [0.3, 0.4) is 0 Å². The molecule has 5 aromatic rings. The third-order valence-corrected chi connectivity index (χ3v) is 8.16. The van der Waals surface area contributed by atoms with Crippen molar-refractivity contribution >= 4 is 40.3 Å². The van der Waals surface area contributed by atoms with Crippen LogP contribution in [0.4, 0.5) is 27.9 Å². The summed E-state index contributed by atoms with van der Waals surface area (Å²) in [7, 11) is 1.68. The number of hydrogen-bond acceptors (Lipinski definition) is 9. The molecular weight excluding hydrogens is 556 g/mol. The molecule has 0 saturated carbocycles. The number of methoxy groups -OCH3 is 1. The van der Waals surface area contributed by atoms with Crippen LogP contribution in [0.15, 0.2) is 78.9 Å². The van der Waals surface area contributed by atoms with Crippen molar-refractivity contribution in [1.82, 2.24) is 25.1 Å². The Kier molecular flexibility index (Phi) is 7.58. The van der Waals surface area contributed by atoms with E-state index in [1.807, 2.05) is 54.6 Å². The van der Waals surface area contributed by atoms with Gasteiger partial charge in [0.15, 0.2) is 5.65 Å². The molecule has 3 aromatic carbocycles. The number of piperazine rings is 1. The summed E-state index contributed by atoms with van der Waals surface area (Å²) < 4.78 is 10.8. The zero-order valence-electron chi connectivity index (χ0n) is 24.6. The van der Waals surface area contributed by atoms with Gasteiger partial charge in [0, 0.05) is 57.1 Å². The smallest absolute Gasteiger partial charge is 0.410 e. The molecule has 44 heavy (non-hydrogen) atoms. The predicted octanol–water partition coefficient (Wildman–Crippen LogP) is 5.13. The van der Waals surface area contributed by atoms with Crippen molar-refractivity contribution in [2.24, 2.45) is 0 Å². The van der Waals surface area contributed by atoms with E-state index in [0.29, 0.717) is 24.7 Å². The molecule has 11 heteroatoms. The van der Waals surface area contributed by atoms with Crippen molar-refractivity contribution in [3.63, 3.8) is 0 Å². The van der Waals surface area contributed by atoms with Crippen LogP contribution in [0.25, 0.3) is 11.0 Å². The van der Waals surface area contributed by atoms with Gasteiger partial charge in [0.2, 0.25) is 5.95 Å². The third kappa shape index (κ3) is 5.81. The number of carbonyl (C=O) groups is 1. The molecule has 2 aliphatic rings. The number of carbonyl (C=O) groups excluding carboxylic acids is 1. The number of rotatable bonds is 8. The van der Waals surface area contributed by atoms with E-state index in [-0.39, 0.29) is 12.7 Å². The number of anilines is 4. The summed E-state index contributed by atoms with van der Waals surface area (Å²) in [6, 6.07) is 26.1. The van der Waals surface area contributed by atoms with Crippen LogP contribution in [0, 0.1) is 0 Å². The van der Waals surface area contributed by atoms with E-state index >= 15 is 0 Å². The molecule has 0 bridgehead atoms. The SMILES string of the molecule is COc1ccc(CN2CCc3[nH]nc4nc(Nc5ccc(N6CCN(C(=O)OCc7ccccc7)CC6)cc5)nc2c34)cc1. The molecule has 2 aliphatic heterocycles. The normalized spacial score (nSPS) is 14.5. The quantitative estimate of drug-likeness (QED) is 0.254. The van der Waals surface area contributed by atoms with Gasteiger partial charge in [0.05, 0.1) is 18.2 Å². The first-order valence-electron chi connectivity index (χ1n) is 14.8. The topological polar surface area (TPSA) is 112 Å². The van der Waals surface area contributed by atoms with Crippen molar-refractivity contribution < 1.29 is 14.3 Å². The molecule has 0 aliphatic carbocycles. The van der Waals surface area contributed by atoms with E-state index in [2.05, 4.69) is 49.6 Å². The third-order valence-electron chi connectivity index (χ3n) is 8.16. The second-order valence-corrected chi connectivity index (χ2v) is 11.0. The summed E-state index contributed by atoms with van der Waals surface area (Å²) in [5.74, 6) is 2.22. The van der Waals surface area contributed by atoms with Crippen molar-refractivity contribution in [2.45, 2.75) is 19.6 Å². The molecular formula is C33H34N8O3. The van der Waals surface area contributed by atoms with Gasteiger partial charge in [0.1, 0.15) is 18.2 Å². The summed E-state index contributed by atoms with van der Waals surface area (Å²) >= 11 is 0. The van der Waals surface area contributed by atoms with Gasteiger partial charge in [-0.15, -0.1) is 0 Å². The van der Waals surface area contributed by atoms with Crippen LogP contribution in [0.1, 0.15) is 16.8 Å². The standard InChI is InChI=1S/C33H34N8O3/c1-43-27-13-7-23(8-14-27)21-41-16-15-28-29-30(38-37-28)35-32(36-31(29)41)34-25-9-11-26(12-10-25)39-17-19-40(20-18-39)33(42)44-22-24-5-3-2-4-6-24/h2-14H,15-22H2,1H3,(H2,34,35,36,37,38). The monoisotopic (exact) mass is 590 g/mol. The molecule has 1 amide bonds. The molecule has 224 valence electrons. The first-order chi connectivity index (χ1) is 21.6. The van der Waals surface area contributed by atoms with Crippen molar-refractivity contribution in [1.29, 1.82) is 0 Å². The van der Waals surface area contributed by atoms with Gasteiger partial charge in [-0.3, -0.25) is 5.10 Å². The average Bonchev–Trinajstić information content (AvgIpc) is 3.50. The number of H-pyrrole nitrogens is 1. The Balaban J connectivity index is 0.989. The van der Waals surface area contributed by atoms with Gasteiger partial charge in [-0.2, -0.15) is 15.1 Å². The van der Waals surface area contributed by atoms with E-state index in [4.69, 9.17) is 19.4 Å². The van der Waals surface area contributed by atoms with Crippen LogP contribution < -0.4 is 19.9 Å².